The van der Waals surface area contributed by atoms with Crippen LogP contribution in [-0.4, -0.2) is 19.1 Å². The van der Waals surface area contributed by atoms with E-state index >= 15 is 0 Å². The van der Waals surface area contributed by atoms with E-state index < -0.39 is 0 Å². The van der Waals surface area contributed by atoms with Gasteiger partial charge in [-0.2, -0.15) is 0 Å². The summed E-state index contributed by atoms with van der Waals surface area (Å²) in [6.07, 6.45) is 4.71. The lowest BCUT2D eigenvalue weighted by atomic mass is 9.90. The maximum absolute atomic E-state index is 12.3. The van der Waals surface area contributed by atoms with Gasteiger partial charge in [0.05, 0.1) is 6.54 Å². The Morgan fingerprint density at radius 2 is 1.88 bits per heavy atom. The van der Waals surface area contributed by atoms with Gasteiger partial charge < -0.3 is 10.1 Å². The van der Waals surface area contributed by atoms with Crippen molar-refractivity contribution < 1.29 is 9.53 Å². The van der Waals surface area contributed by atoms with Gasteiger partial charge in [-0.25, -0.2) is 0 Å². The van der Waals surface area contributed by atoms with E-state index in [1.807, 2.05) is 18.2 Å². The summed E-state index contributed by atoms with van der Waals surface area (Å²) in [4.78, 5) is 12.3. The molecular formula is C21H25NO2. The topological polar surface area (TPSA) is 38.3 Å². The first-order chi connectivity index (χ1) is 11.6. The van der Waals surface area contributed by atoms with Gasteiger partial charge in [0, 0.05) is 5.56 Å². The van der Waals surface area contributed by atoms with E-state index in [-0.39, 0.29) is 5.91 Å². The molecule has 1 aliphatic rings. The molecule has 2 aromatic rings. The molecule has 0 aliphatic heterocycles. The first-order valence-corrected chi connectivity index (χ1v) is 8.74. The van der Waals surface area contributed by atoms with E-state index in [2.05, 4.69) is 37.4 Å². The van der Waals surface area contributed by atoms with Crippen LogP contribution in [0.4, 0.5) is 0 Å². The summed E-state index contributed by atoms with van der Waals surface area (Å²) < 4.78 is 5.78. The number of nitrogens with one attached hydrogen (secondary N) is 1. The summed E-state index contributed by atoms with van der Waals surface area (Å²) in [5.41, 5.74) is 5.85. The van der Waals surface area contributed by atoms with Crippen molar-refractivity contribution in [1.29, 1.82) is 0 Å². The number of benzene rings is 2. The molecule has 0 aromatic heterocycles. The number of fused-ring (bicyclic) bond motifs is 1. The van der Waals surface area contributed by atoms with Crippen molar-refractivity contribution in [1.82, 2.24) is 5.32 Å². The molecule has 24 heavy (non-hydrogen) atoms. The third-order valence-electron chi connectivity index (χ3n) is 4.81. The summed E-state index contributed by atoms with van der Waals surface area (Å²) in [5.74, 6) is 0.867. The quantitative estimate of drug-likeness (QED) is 0.845. The first kappa shape index (κ1) is 16.6. The average Bonchev–Trinajstić information content (AvgIpc) is 2.61. The fourth-order valence-corrected chi connectivity index (χ4v) is 3.18. The predicted molar refractivity (Wildman–Crippen MR) is 96.8 cm³/mol. The molecule has 126 valence electrons. The van der Waals surface area contributed by atoms with Crippen molar-refractivity contribution in [3.63, 3.8) is 0 Å². The molecule has 0 bridgehead atoms. The van der Waals surface area contributed by atoms with Crippen LogP contribution in [0, 0.1) is 13.8 Å². The van der Waals surface area contributed by atoms with E-state index in [4.69, 9.17) is 4.74 Å². The number of aryl methyl sites for hydroxylation is 3. The van der Waals surface area contributed by atoms with Crippen LogP contribution in [0.25, 0.3) is 0 Å². The minimum absolute atomic E-state index is 0.0204. The summed E-state index contributed by atoms with van der Waals surface area (Å²) in [6.45, 7) is 5.10. The van der Waals surface area contributed by atoms with Crippen molar-refractivity contribution in [2.45, 2.75) is 39.5 Å². The Bertz CT molecular complexity index is 737. The van der Waals surface area contributed by atoms with Crippen LogP contribution in [0.1, 0.15) is 45.5 Å². The summed E-state index contributed by atoms with van der Waals surface area (Å²) in [6, 6.07) is 12.1. The van der Waals surface area contributed by atoms with Crippen molar-refractivity contribution in [2.75, 3.05) is 13.2 Å². The Balaban J connectivity index is 1.51. The number of hydrogen-bond acceptors (Lipinski definition) is 2. The molecule has 0 radical (unpaired) electrons. The Morgan fingerprint density at radius 3 is 2.71 bits per heavy atom. The second kappa shape index (κ2) is 7.52. The van der Waals surface area contributed by atoms with Crippen LogP contribution in [-0.2, 0) is 12.8 Å². The van der Waals surface area contributed by atoms with Gasteiger partial charge in [0.1, 0.15) is 12.4 Å². The highest BCUT2D eigenvalue weighted by molar-refractivity contribution is 5.94. The number of carbonyl (C=O) groups excluding carboxylic acids is 1. The van der Waals surface area contributed by atoms with Gasteiger partial charge in [-0.3, -0.25) is 4.79 Å². The van der Waals surface area contributed by atoms with Gasteiger partial charge in [0.2, 0.25) is 0 Å². The van der Waals surface area contributed by atoms with Gasteiger partial charge in [-0.1, -0.05) is 18.2 Å². The van der Waals surface area contributed by atoms with Gasteiger partial charge in [0.25, 0.3) is 5.91 Å². The van der Waals surface area contributed by atoms with E-state index in [0.29, 0.717) is 13.2 Å². The van der Waals surface area contributed by atoms with Gasteiger partial charge in [0.15, 0.2) is 0 Å². The highest BCUT2D eigenvalue weighted by atomic mass is 16.5. The number of carbonyl (C=O) groups is 1. The minimum atomic E-state index is -0.0204. The third kappa shape index (κ3) is 3.78. The van der Waals surface area contributed by atoms with E-state index in [9.17, 15) is 4.79 Å². The molecule has 0 unspecified atom stereocenters. The maximum Gasteiger partial charge on any atom is 0.251 e. The monoisotopic (exact) mass is 323 g/mol. The summed E-state index contributed by atoms with van der Waals surface area (Å²) >= 11 is 0. The van der Waals surface area contributed by atoms with E-state index in [1.165, 1.54) is 29.5 Å². The molecule has 0 saturated carbocycles. The Hall–Kier alpha value is -2.29. The zero-order valence-electron chi connectivity index (χ0n) is 14.5. The number of ether oxygens (including phenoxy) is 1. The van der Waals surface area contributed by atoms with Crippen LogP contribution >= 0.6 is 0 Å². The lowest BCUT2D eigenvalue weighted by molar-refractivity contribution is 0.0947. The Labute approximate surface area is 144 Å². The minimum Gasteiger partial charge on any atom is -0.491 e. The van der Waals surface area contributed by atoms with Crippen LogP contribution in [0.5, 0.6) is 5.75 Å². The zero-order valence-corrected chi connectivity index (χ0v) is 14.5. The zero-order chi connectivity index (χ0) is 16.9. The first-order valence-electron chi connectivity index (χ1n) is 8.74. The molecular weight excluding hydrogens is 298 g/mol. The van der Waals surface area contributed by atoms with Gasteiger partial charge in [-0.05, 0) is 80.0 Å². The Kier molecular flexibility index (Phi) is 5.19. The predicted octanol–water partition coefficient (Wildman–Crippen LogP) is 3.99. The highest BCUT2D eigenvalue weighted by Gasteiger charge is 2.12. The fraction of sp³-hybridized carbons (Fsp3) is 0.381. The normalized spacial score (nSPS) is 13.2. The van der Waals surface area contributed by atoms with Crippen molar-refractivity contribution >= 4 is 5.91 Å². The van der Waals surface area contributed by atoms with Gasteiger partial charge >= 0.3 is 0 Å². The molecule has 0 spiro atoms. The number of amides is 1. The van der Waals surface area contributed by atoms with E-state index in [0.717, 1.165) is 29.7 Å². The standard InChI is InChI=1S/C21H25NO2/c1-15-6-5-9-20(16(15)2)24-13-12-22-21(23)19-11-10-17-7-3-4-8-18(17)14-19/h5-6,9-11,14H,3-4,7-8,12-13H2,1-2H3,(H,22,23). The molecule has 3 nitrogen and oxygen atoms in total. The van der Waals surface area contributed by atoms with Crippen molar-refractivity contribution in [2.24, 2.45) is 0 Å². The molecule has 1 N–H and O–H groups in total. The fourth-order valence-electron chi connectivity index (χ4n) is 3.18. The Morgan fingerprint density at radius 1 is 1.08 bits per heavy atom. The summed E-state index contributed by atoms with van der Waals surface area (Å²) in [5, 5.41) is 2.95. The molecule has 1 amide bonds. The number of hydrogen-bond donors (Lipinski definition) is 1. The molecule has 0 atom stereocenters. The second-order valence-electron chi connectivity index (χ2n) is 6.49. The molecule has 3 rings (SSSR count). The summed E-state index contributed by atoms with van der Waals surface area (Å²) in [7, 11) is 0. The smallest absolute Gasteiger partial charge is 0.251 e. The van der Waals surface area contributed by atoms with E-state index in [1.54, 1.807) is 0 Å². The van der Waals surface area contributed by atoms with Crippen LogP contribution in [0.3, 0.4) is 0 Å². The molecule has 0 fully saturated rings. The second-order valence-corrected chi connectivity index (χ2v) is 6.49. The van der Waals surface area contributed by atoms with Crippen molar-refractivity contribution in [3.8, 4) is 5.75 Å². The maximum atomic E-state index is 12.3. The molecule has 1 aliphatic carbocycles. The van der Waals surface area contributed by atoms with Crippen LogP contribution in [0.15, 0.2) is 36.4 Å². The largest absolute Gasteiger partial charge is 0.491 e. The average molecular weight is 323 g/mol. The molecule has 2 aromatic carbocycles. The number of rotatable bonds is 5. The molecule has 0 saturated heterocycles. The van der Waals surface area contributed by atoms with Crippen LogP contribution < -0.4 is 10.1 Å². The lowest BCUT2D eigenvalue weighted by Crippen LogP contribution is -2.28. The lowest BCUT2D eigenvalue weighted by Gasteiger charge is -2.16. The van der Waals surface area contributed by atoms with Crippen molar-refractivity contribution in [3.05, 3.63) is 64.2 Å². The SMILES string of the molecule is Cc1cccc(OCCNC(=O)c2ccc3c(c2)CCCC3)c1C. The third-order valence-corrected chi connectivity index (χ3v) is 4.81. The molecule has 3 heteroatoms. The van der Waals surface area contributed by atoms with Gasteiger partial charge in [-0.15, -0.1) is 0 Å². The highest BCUT2D eigenvalue weighted by Crippen LogP contribution is 2.22. The molecule has 0 heterocycles. The van der Waals surface area contributed by atoms with Crippen LogP contribution in [0.2, 0.25) is 0 Å².